The number of aliphatic carboxylic acids is 1. The number of rotatable bonds is 11. The molecule has 19 heavy (non-hydrogen) atoms. The maximum absolute atomic E-state index is 11.5. The Hall–Kier alpha value is -1.10. The summed E-state index contributed by atoms with van der Waals surface area (Å²) < 4.78 is 5.08. The molecule has 0 aromatic rings. The summed E-state index contributed by atoms with van der Waals surface area (Å²) in [6, 6.07) is 0. The van der Waals surface area contributed by atoms with Crippen molar-refractivity contribution in [3.63, 3.8) is 0 Å². The van der Waals surface area contributed by atoms with Gasteiger partial charge in [0.2, 0.25) is 5.91 Å². The van der Waals surface area contributed by atoms with Gasteiger partial charge >= 0.3 is 5.97 Å². The topological polar surface area (TPSA) is 75.6 Å². The third-order valence-electron chi connectivity index (χ3n) is 3.40. The summed E-state index contributed by atoms with van der Waals surface area (Å²) in [5.74, 6) is -0.345. The smallest absolute Gasteiger partial charge is 0.303 e. The molecule has 5 nitrogen and oxygen atoms in total. The van der Waals surface area contributed by atoms with Crippen LogP contribution < -0.4 is 5.32 Å². The lowest BCUT2D eigenvalue weighted by molar-refractivity contribution is -0.137. The molecule has 0 heterocycles. The Morgan fingerprint density at radius 3 is 2.42 bits per heavy atom. The predicted molar refractivity (Wildman–Crippen MR) is 74.0 cm³/mol. The molecule has 0 saturated carbocycles. The Balaban J connectivity index is 3.68. The monoisotopic (exact) mass is 273 g/mol. The third kappa shape index (κ3) is 10.5. The number of amides is 1. The number of hydrogen-bond donors (Lipinski definition) is 2. The Morgan fingerprint density at radius 1 is 1.21 bits per heavy atom. The highest BCUT2D eigenvalue weighted by atomic mass is 16.5. The molecule has 0 rings (SSSR count). The first kappa shape index (κ1) is 17.9. The van der Waals surface area contributed by atoms with Crippen LogP contribution in [0.1, 0.15) is 52.4 Å². The van der Waals surface area contributed by atoms with Crippen LogP contribution in [0, 0.1) is 5.92 Å². The standard InChI is InChI=1S/C14H27NO4/c1-4-12(6-8-14(17)18)9-10-15-13(16)7-5-11(2)19-3/h11-12H,4-10H2,1-3H3,(H,15,16)(H,17,18). The van der Waals surface area contributed by atoms with Crippen molar-refractivity contribution < 1.29 is 19.4 Å². The van der Waals surface area contributed by atoms with Crippen LogP contribution >= 0.6 is 0 Å². The van der Waals surface area contributed by atoms with Crippen LogP contribution in [0.4, 0.5) is 0 Å². The molecule has 0 spiro atoms. The molecule has 5 heteroatoms. The molecule has 0 aromatic heterocycles. The number of ether oxygens (including phenoxy) is 1. The van der Waals surface area contributed by atoms with Crippen molar-refractivity contribution in [2.45, 2.75) is 58.5 Å². The molecular weight excluding hydrogens is 246 g/mol. The highest BCUT2D eigenvalue weighted by molar-refractivity contribution is 5.75. The molecule has 0 aromatic carbocycles. The molecule has 0 radical (unpaired) electrons. The molecular formula is C14H27NO4. The van der Waals surface area contributed by atoms with Gasteiger partial charge < -0.3 is 15.2 Å². The second-order valence-corrected chi connectivity index (χ2v) is 4.93. The van der Waals surface area contributed by atoms with Gasteiger partial charge in [-0.25, -0.2) is 0 Å². The van der Waals surface area contributed by atoms with E-state index in [-0.39, 0.29) is 18.4 Å². The summed E-state index contributed by atoms with van der Waals surface area (Å²) in [6.07, 6.45) is 3.98. The fourth-order valence-corrected chi connectivity index (χ4v) is 1.84. The number of methoxy groups -OCH3 is 1. The Bertz CT molecular complexity index is 268. The van der Waals surface area contributed by atoms with Crippen LogP contribution in [0.5, 0.6) is 0 Å². The van der Waals surface area contributed by atoms with Crippen LogP contribution in [-0.4, -0.2) is 36.7 Å². The predicted octanol–water partition coefficient (Wildman–Crippen LogP) is 2.20. The van der Waals surface area contributed by atoms with E-state index in [0.717, 1.165) is 19.3 Å². The maximum atomic E-state index is 11.5. The molecule has 0 fully saturated rings. The van der Waals surface area contributed by atoms with Crippen molar-refractivity contribution in [2.24, 2.45) is 5.92 Å². The first-order valence-corrected chi connectivity index (χ1v) is 7.00. The lowest BCUT2D eigenvalue weighted by atomic mass is 9.96. The number of carbonyl (C=O) groups is 2. The second kappa shape index (κ2) is 10.8. The van der Waals surface area contributed by atoms with E-state index >= 15 is 0 Å². The highest BCUT2D eigenvalue weighted by Crippen LogP contribution is 2.14. The second-order valence-electron chi connectivity index (χ2n) is 4.93. The van der Waals surface area contributed by atoms with Crippen molar-refractivity contribution in [3.8, 4) is 0 Å². The van der Waals surface area contributed by atoms with E-state index in [0.29, 0.717) is 25.3 Å². The molecule has 0 aliphatic rings. The molecule has 2 N–H and O–H groups in total. The first-order chi connectivity index (χ1) is 8.99. The van der Waals surface area contributed by atoms with E-state index < -0.39 is 5.97 Å². The van der Waals surface area contributed by atoms with Crippen LogP contribution in [0.15, 0.2) is 0 Å². The largest absolute Gasteiger partial charge is 0.481 e. The zero-order valence-corrected chi connectivity index (χ0v) is 12.3. The quantitative estimate of drug-likeness (QED) is 0.605. The highest BCUT2D eigenvalue weighted by Gasteiger charge is 2.10. The molecule has 2 unspecified atom stereocenters. The minimum Gasteiger partial charge on any atom is -0.481 e. The van der Waals surface area contributed by atoms with Crippen LogP contribution in [0.2, 0.25) is 0 Å². The summed E-state index contributed by atoms with van der Waals surface area (Å²) in [7, 11) is 1.64. The van der Waals surface area contributed by atoms with E-state index in [9.17, 15) is 9.59 Å². The number of carbonyl (C=O) groups excluding carboxylic acids is 1. The van der Waals surface area contributed by atoms with Crippen molar-refractivity contribution in [3.05, 3.63) is 0 Å². The molecule has 0 bridgehead atoms. The minimum absolute atomic E-state index is 0.0389. The van der Waals surface area contributed by atoms with Crippen molar-refractivity contribution >= 4 is 11.9 Å². The summed E-state index contributed by atoms with van der Waals surface area (Å²) >= 11 is 0. The average Bonchev–Trinajstić information content (AvgIpc) is 2.39. The lowest BCUT2D eigenvalue weighted by Crippen LogP contribution is -2.26. The minimum atomic E-state index is -0.754. The van der Waals surface area contributed by atoms with Gasteiger partial charge in [-0.05, 0) is 32.1 Å². The van der Waals surface area contributed by atoms with Gasteiger partial charge in [0, 0.05) is 26.5 Å². The fourth-order valence-electron chi connectivity index (χ4n) is 1.84. The van der Waals surface area contributed by atoms with Gasteiger partial charge in [0.1, 0.15) is 0 Å². The van der Waals surface area contributed by atoms with E-state index in [1.54, 1.807) is 7.11 Å². The van der Waals surface area contributed by atoms with Gasteiger partial charge in [0.15, 0.2) is 0 Å². The SMILES string of the molecule is CCC(CCNC(=O)CCC(C)OC)CCC(=O)O. The van der Waals surface area contributed by atoms with Crippen LogP contribution in [0.25, 0.3) is 0 Å². The van der Waals surface area contributed by atoms with E-state index in [1.807, 2.05) is 6.92 Å². The molecule has 0 saturated heterocycles. The third-order valence-corrected chi connectivity index (χ3v) is 3.40. The molecule has 2 atom stereocenters. The molecule has 1 amide bonds. The number of carboxylic acid groups (broad SMARTS) is 1. The Morgan fingerprint density at radius 2 is 1.89 bits per heavy atom. The Kier molecular flexibility index (Phi) is 10.2. The maximum Gasteiger partial charge on any atom is 0.303 e. The van der Waals surface area contributed by atoms with Gasteiger partial charge in [0.05, 0.1) is 6.10 Å². The van der Waals surface area contributed by atoms with Gasteiger partial charge in [-0.3, -0.25) is 9.59 Å². The summed E-state index contributed by atoms with van der Waals surface area (Å²) in [6.45, 7) is 4.61. The molecule has 0 aliphatic heterocycles. The van der Waals surface area contributed by atoms with Gasteiger partial charge in [0.25, 0.3) is 0 Å². The number of nitrogens with one attached hydrogen (secondary N) is 1. The summed E-state index contributed by atoms with van der Waals surface area (Å²) in [5, 5.41) is 11.5. The number of carboxylic acids is 1. The van der Waals surface area contributed by atoms with E-state index in [2.05, 4.69) is 12.2 Å². The zero-order valence-electron chi connectivity index (χ0n) is 12.3. The molecule has 0 aliphatic carbocycles. The molecule has 112 valence electrons. The first-order valence-electron chi connectivity index (χ1n) is 7.00. The number of hydrogen-bond acceptors (Lipinski definition) is 3. The van der Waals surface area contributed by atoms with E-state index in [1.165, 1.54) is 0 Å². The fraction of sp³-hybridized carbons (Fsp3) is 0.857. The van der Waals surface area contributed by atoms with Gasteiger partial charge in [-0.2, -0.15) is 0 Å². The zero-order chi connectivity index (χ0) is 14.7. The van der Waals surface area contributed by atoms with Gasteiger partial charge in [-0.1, -0.05) is 13.3 Å². The van der Waals surface area contributed by atoms with Crippen molar-refractivity contribution in [1.29, 1.82) is 0 Å². The van der Waals surface area contributed by atoms with Crippen molar-refractivity contribution in [1.82, 2.24) is 5.32 Å². The van der Waals surface area contributed by atoms with Crippen LogP contribution in [-0.2, 0) is 14.3 Å². The van der Waals surface area contributed by atoms with Gasteiger partial charge in [-0.15, -0.1) is 0 Å². The van der Waals surface area contributed by atoms with Crippen molar-refractivity contribution in [2.75, 3.05) is 13.7 Å². The Labute approximate surface area is 115 Å². The van der Waals surface area contributed by atoms with Crippen LogP contribution in [0.3, 0.4) is 0 Å². The summed E-state index contributed by atoms with van der Waals surface area (Å²) in [5.41, 5.74) is 0. The van der Waals surface area contributed by atoms with E-state index in [4.69, 9.17) is 9.84 Å². The summed E-state index contributed by atoms with van der Waals surface area (Å²) in [4.78, 5) is 22.0. The average molecular weight is 273 g/mol. The lowest BCUT2D eigenvalue weighted by Gasteiger charge is -2.14. The normalized spacial score (nSPS) is 13.8.